The number of H-pyrrole nitrogens is 1. The summed E-state index contributed by atoms with van der Waals surface area (Å²) in [4.78, 5) is 12.6. The molecule has 2 rings (SSSR count). The van der Waals surface area contributed by atoms with Crippen LogP contribution in [0.4, 0.5) is 4.39 Å². The molecular weight excluding hydrogens is 249 g/mol. The summed E-state index contributed by atoms with van der Waals surface area (Å²) >= 11 is 0. The first-order valence-electron chi connectivity index (χ1n) is 5.69. The van der Waals surface area contributed by atoms with Gasteiger partial charge in [0.25, 0.3) is 0 Å². The van der Waals surface area contributed by atoms with Crippen LogP contribution in [-0.4, -0.2) is 40.3 Å². The van der Waals surface area contributed by atoms with Gasteiger partial charge in [-0.3, -0.25) is 5.10 Å². The average Bonchev–Trinajstić information content (AvgIpc) is 2.80. The molecule has 19 heavy (non-hydrogen) atoms. The fourth-order valence-corrected chi connectivity index (χ4v) is 1.75. The molecule has 0 amide bonds. The third-order valence-corrected chi connectivity index (χ3v) is 2.64. The maximum atomic E-state index is 13.9. The van der Waals surface area contributed by atoms with Crippen LogP contribution in [0.25, 0.3) is 11.3 Å². The third-order valence-electron chi connectivity index (χ3n) is 2.64. The zero-order chi connectivity index (χ0) is 14.0. The summed E-state index contributed by atoms with van der Waals surface area (Å²) < 4.78 is 13.9. The van der Waals surface area contributed by atoms with Crippen LogP contribution in [0.3, 0.4) is 0 Å². The first-order chi connectivity index (χ1) is 8.97. The minimum atomic E-state index is -1.09. The second-order valence-electron chi connectivity index (χ2n) is 4.52. The highest BCUT2D eigenvalue weighted by Crippen LogP contribution is 2.21. The van der Waals surface area contributed by atoms with Crippen LogP contribution in [0.2, 0.25) is 0 Å². The Balaban J connectivity index is 2.30. The van der Waals surface area contributed by atoms with Gasteiger partial charge in [-0.05, 0) is 26.2 Å². The number of nitrogens with zero attached hydrogens (tertiary/aromatic N) is 2. The normalized spacial score (nSPS) is 10.9. The molecule has 0 unspecified atom stereocenters. The summed E-state index contributed by atoms with van der Waals surface area (Å²) in [6.45, 7) is 0.507. The largest absolute Gasteiger partial charge is 0.477 e. The average molecular weight is 263 g/mol. The first kappa shape index (κ1) is 13.2. The van der Waals surface area contributed by atoms with Crippen molar-refractivity contribution in [1.82, 2.24) is 15.1 Å². The molecule has 1 aromatic heterocycles. The molecule has 2 aromatic rings. The number of nitrogens with one attached hydrogen (secondary N) is 1. The molecule has 6 heteroatoms. The van der Waals surface area contributed by atoms with Crippen molar-refractivity contribution in [3.63, 3.8) is 0 Å². The van der Waals surface area contributed by atoms with E-state index in [9.17, 15) is 9.18 Å². The highest BCUT2D eigenvalue weighted by molar-refractivity contribution is 5.86. The van der Waals surface area contributed by atoms with Crippen LogP contribution >= 0.6 is 0 Å². The molecule has 0 aliphatic heterocycles. The molecule has 1 heterocycles. The second kappa shape index (κ2) is 5.19. The smallest absolute Gasteiger partial charge is 0.353 e. The summed E-state index contributed by atoms with van der Waals surface area (Å²) in [5.74, 6) is -1.42. The van der Waals surface area contributed by atoms with Crippen molar-refractivity contribution in [3.8, 4) is 11.3 Å². The molecule has 0 fully saturated rings. The van der Waals surface area contributed by atoms with Gasteiger partial charge in [0.15, 0.2) is 0 Å². The van der Waals surface area contributed by atoms with Gasteiger partial charge in [-0.15, -0.1) is 0 Å². The lowest BCUT2D eigenvalue weighted by Gasteiger charge is -2.10. The summed E-state index contributed by atoms with van der Waals surface area (Å²) in [5, 5.41) is 15.0. The van der Waals surface area contributed by atoms with E-state index in [0.29, 0.717) is 23.4 Å². The topological polar surface area (TPSA) is 69.2 Å². The van der Waals surface area contributed by atoms with E-state index >= 15 is 0 Å². The summed E-state index contributed by atoms with van der Waals surface area (Å²) in [5.41, 5.74) is 1.52. The zero-order valence-electron chi connectivity index (χ0n) is 10.6. The van der Waals surface area contributed by atoms with E-state index < -0.39 is 5.97 Å². The SMILES string of the molecule is CN(C)Cc1ccc(-c2cc(C(=O)O)[nH]n2)cc1F. The number of carboxylic acid groups (broad SMARTS) is 1. The zero-order valence-corrected chi connectivity index (χ0v) is 10.6. The van der Waals surface area contributed by atoms with Gasteiger partial charge in [-0.1, -0.05) is 12.1 Å². The van der Waals surface area contributed by atoms with E-state index in [1.807, 2.05) is 19.0 Å². The predicted molar refractivity (Wildman–Crippen MR) is 68.3 cm³/mol. The van der Waals surface area contributed by atoms with Gasteiger partial charge < -0.3 is 10.0 Å². The van der Waals surface area contributed by atoms with Crippen LogP contribution in [0.1, 0.15) is 16.1 Å². The second-order valence-corrected chi connectivity index (χ2v) is 4.52. The Morgan fingerprint density at radius 1 is 1.42 bits per heavy atom. The number of aromatic nitrogens is 2. The van der Waals surface area contributed by atoms with Crippen molar-refractivity contribution >= 4 is 5.97 Å². The quantitative estimate of drug-likeness (QED) is 0.885. The van der Waals surface area contributed by atoms with Gasteiger partial charge in [-0.25, -0.2) is 9.18 Å². The molecule has 0 saturated carbocycles. The predicted octanol–water partition coefficient (Wildman–Crippen LogP) is 1.98. The Hall–Kier alpha value is -2.21. The number of halogens is 1. The van der Waals surface area contributed by atoms with E-state index in [4.69, 9.17) is 5.11 Å². The number of aromatic amines is 1. The van der Waals surface area contributed by atoms with Crippen molar-refractivity contribution in [3.05, 3.63) is 41.3 Å². The fourth-order valence-electron chi connectivity index (χ4n) is 1.75. The molecule has 0 atom stereocenters. The van der Waals surface area contributed by atoms with Crippen molar-refractivity contribution < 1.29 is 14.3 Å². The van der Waals surface area contributed by atoms with Crippen LogP contribution in [0.15, 0.2) is 24.3 Å². The van der Waals surface area contributed by atoms with Crippen molar-refractivity contribution in [2.75, 3.05) is 14.1 Å². The number of carbonyl (C=O) groups is 1. The molecule has 1 aromatic carbocycles. The maximum absolute atomic E-state index is 13.9. The lowest BCUT2D eigenvalue weighted by Crippen LogP contribution is -2.11. The molecule has 2 N–H and O–H groups in total. The molecule has 0 saturated heterocycles. The third kappa shape index (κ3) is 2.97. The highest BCUT2D eigenvalue weighted by atomic mass is 19.1. The Morgan fingerprint density at radius 3 is 2.68 bits per heavy atom. The van der Waals surface area contributed by atoms with Gasteiger partial charge in [-0.2, -0.15) is 5.10 Å². The van der Waals surface area contributed by atoms with Crippen LogP contribution in [-0.2, 0) is 6.54 Å². The lowest BCUT2D eigenvalue weighted by atomic mass is 10.1. The molecule has 100 valence electrons. The number of aromatic carboxylic acids is 1. The van der Waals surface area contributed by atoms with Crippen LogP contribution < -0.4 is 0 Å². The summed E-state index contributed by atoms with van der Waals surface area (Å²) in [6, 6.07) is 6.15. The van der Waals surface area contributed by atoms with Crippen molar-refractivity contribution in [2.45, 2.75) is 6.54 Å². The van der Waals surface area contributed by atoms with Crippen molar-refractivity contribution in [1.29, 1.82) is 0 Å². The first-order valence-corrected chi connectivity index (χ1v) is 5.69. The van der Waals surface area contributed by atoms with E-state index in [1.165, 1.54) is 12.1 Å². The van der Waals surface area contributed by atoms with E-state index in [0.717, 1.165) is 0 Å². The molecule has 0 aliphatic carbocycles. The summed E-state index contributed by atoms with van der Waals surface area (Å²) in [7, 11) is 3.72. The molecule has 0 radical (unpaired) electrons. The van der Waals surface area contributed by atoms with Gasteiger partial charge in [0.05, 0.1) is 5.69 Å². The lowest BCUT2D eigenvalue weighted by molar-refractivity contribution is 0.0690. The standard InChI is InChI=1S/C13H14FN3O2/c1-17(2)7-9-4-3-8(5-10(9)14)11-6-12(13(18)19)16-15-11/h3-6H,7H2,1-2H3,(H,15,16)(H,18,19). The Morgan fingerprint density at radius 2 is 2.16 bits per heavy atom. The monoisotopic (exact) mass is 263 g/mol. The van der Waals surface area contributed by atoms with E-state index in [2.05, 4.69) is 10.2 Å². The van der Waals surface area contributed by atoms with Crippen LogP contribution in [0, 0.1) is 5.82 Å². The molecule has 5 nitrogen and oxygen atoms in total. The maximum Gasteiger partial charge on any atom is 0.353 e. The van der Waals surface area contributed by atoms with Crippen LogP contribution in [0.5, 0.6) is 0 Å². The fraction of sp³-hybridized carbons (Fsp3) is 0.231. The highest BCUT2D eigenvalue weighted by Gasteiger charge is 2.11. The molecule has 0 aliphatic rings. The Bertz CT molecular complexity index is 608. The van der Waals surface area contributed by atoms with Gasteiger partial charge in [0.2, 0.25) is 0 Å². The molecular formula is C13H14FN3O2. The molecule has 0 spiro atoms. The number of benzene rings is 1. The number of hydrogen-bond donors (Lipinski definition) is 2. The summed E-state index contributed by atoms with van der Waals surface area (Å²) in [6.07, 6.45) is 0. The Labute approximate surface area is 109 Å². The van der Waals surface area contributed by atoms with E-state index in [1.54, 1.807) is 12.1 Å². The van der Waals surface area contributed by atoms with Gasteiger partial charge >= 0.3 is 5.97 Å². The van der Waals surface area contributed by atoms with Gasteiger partial charge in [0, 0.05) is 17.7 Å². The number of hydrogen-bond acceptors (Lipinski definition) is 3. The Kier molecular flexibility index (Phi) is 3.62. The van der Waals surface area contributed by atoms with Crippen molar-refractivity contribution in [2.24, 2.45) is 0 Å². The number of carboxylic acids is 1. The number of rotatable bonds is 4. The van der Waals surface area contributed by atoms with E-state index in [-0.39, 0.29) is 11.5 Å². The minimum absolute atomic E-state index is 0.0206. The molecule has 0 bridgehead atoms. The van der Waals surface area contributed by atoms with Gasteiger partial charge in [0.1, 0.15) is 11.5 Å². The minimum Gasteiger partial charge on any atom is -0.477 e.